The molecule has 110 valence electrons. The average Bonchev–Trinajstić information content (AvgIpc) is 2.40. The van der Waals surface area contributed by atoms with Gasteiger partial charge in [-0.3, -0.25) is 0 Å². The van der Waals surface area contributed by atoms with E-state index in [9.17, 15) is 13.2 Å². The largest absolute Gasteiger partial charge is 0.416 e. The predicted molar refractivity (Wildman–Crippen MR) is 81.8 cm³/mol. The van der Waals surface area contributed by atoms with Crippen LogP contribution in [-0.4, -0.2) is 4.99 Å². The van der Waals surface area contributed by atoms with E-state index in [-0.39, 0.29) is 10.6 Å². The number of anilines is 2. The van der Waals surface area contributed by atoms with Gasteiger partial charge in [0, 0.05) is 16.9 Å². The Hall–Kier alpha value is -2.08. The Balaban J connectivity index is 2.45. The summed E-state index contributed by atoms with van der Waals surface area (Å²) >= 11 is 4.85. The van der Waals surface area contributed by atoms with Crippen molar-refractivity contribution in [3.05, 3.63) is 59.2 Å². The van der Waals surface area contributed by atoms with E-state index in [0.29, 0.717) is 5.69 Å². The summed E-state index contributed by atoms with van der Waals surface area (Å²) in [5.41, 5.74) is 7.13. The monoisotopic (exact) mass is 310 g/mol. The summed E-state index contributed by atoms with van der Waals surface area (Å²) in [6.07, 6.45) is -4.43. The molecule has 0 fully saturated rings. The summed E-state index contributed by atoms with van der Waals surface area (Å²) in [6.45, 7) is 1.90. The minimum absolute atomic E-state index is 0.0859. The zero-order chi connectivity index (χ0) is 15.6. The third kappa shape index (κ3) is 3.52. The molecule has 0 saturated carbocycles. The molecule has 2 rings (SSSR count). The van der Waals surface area contributed by atoms with Crippen molar-refractivity contribution in [1.82, 2.24) is 0 Å². The van der Waals surface area contributed by atoms with Crippen LogP contribution >= 0.6 is 12.2 Å². The maximum absolute atomic E-state index is 12.7. The van der Waals surface area contributed by atoms with Gasteiger partial charge >= 0.3 is 6.18 Å². The molecule has 3 N–H and O–H groups in total. The molecule has 0 spiro atoms. The van der Waals surface area contributed by atoms with Crippen molar-refractivity contribution in [1.29, 1.82) is 0 Å². The number of thiocarbonyl (C=S) groups is 1. The van der Waals surface area contributed by atoms with Gasteiger partial charge in [-0.15, -0.1) is 0 Å². The molecule has 2 aromatic rings. The number of rotatable bonds is 3. The van der Waals surface area contributed by atoms with Gasteiger partial charge in [-0.05, 0) is 36.8 Å². The minimum atomic E-state index is -4.43. The number of hydrogen-bond acceptors (Lipinski definition) is 2. The van der Waals surface area contributed by atoms with E-state index in [1.165, 1.54) is 6.07 Å². The van der Waals surface area contributed by atoms with Crippen LogP contribution in [0.5, 0.6) is 0 Å². The van der Waals surface area contributed by atoms with Crippen LogP contribution < -0.4 is 11.1 Å². The molecule has 0 aromatic heterocycles. The normalized spacial score (nSPS) is 11.2. The molecule has 0 bridgehead atoms. The van der Waals surface area contributed by atoms with Gasteiger partial charge < -0.3 is 11.1 Å². The molecule has 21 heavy (non-hydrogen) atoms. The summed E-state index contributed by atoms with van der Waals surface area (Å²) in [7, 11) is 0. The first kappa shape index (κ1) is 15.3. The molecule has 0 saturated heterocycles. The van der Waals surface area contributed by atoms with Crippen LogP contribution in [-0.2, 0) is 6.18 Å². The molecular weight excluding hydrogens is 297 g/mol. The first-order valence-corrected chi connectivity index (χ1v) is 6.53. The Kier molecular flexibility index (Phi) is 4.18. The standard InChI is InChI=1S/C15H13F3N2S/c1-9-4-2-3-5-12(9)20-13-7-6-10(15(16,17)18)8-11(13)14(19)21/h2-8,20H,1H3,(H2,19,21). The second kappa shape index (κ2) is 5.73. The van der Waals surface area contributed by atoms with Gasteiger partial charge in [0.05, 0.1) is 5.56 Å². The molecule has 0 amide bonds. The van der Waals surface area contributed by atoms with E-state index in [0.717, 1.165) is 23.4 Å². The predicted octanol–water partition coefficient (Wildman–Crippen LogP) is 4.39. The maximum Gasteiger partial charge on any atom is 0.416 e. The Morgan fingerprint density at radius 2 is 1.76 bits per heavy atom. The second-order valence-corrected chi connectivity index (χ2v) is 5.00. The summed E-state index contributed by atoms with van der Waals surface area (Å²) in [5.74, 6) is 0. The Bertz CT molecular complexity index is 681. The number of hydrogen-bond donors (Lipinski definition) is 2. The lowest BCUT2D eigenvalue weighted by Gasteiger charge is -2.15. The molecule has 6 heteroatoms. The number of nitrogens with one attached hydrogen (secondary N) is 1. The van der Waals surface area contributed by atoms with Crippen LogP contribution in [0.2, 0.25) is 0 Å². The van der Waals surface area contributed by atoms with Gasteiger partial charge in [-0.2, -0.15) is 13.2 Å². The fourth-order valence-electron chi connectivity index (χ4n) is 1.89. The summed E-state index contributed by atoms with van der Waals surface area (Å²) in [5, 5.41) is 3.07. The lowest BCUT2D eigenvalue weighted by Crippen LogP contribution is -2.15. The number of halogens is 3. The molecule has 2 nitrogen and oxygen atoms in total. The molecular formula is C15H13F3N2S. The highest BCUT2D eigenvalue weighted by atomic mass is 32.1. The first-order chi connectivity index (χ1) is 9.79. The van der Waals surface area contributed by atoms with Crippen LogP contribution in [0.1, 0.15) is 16.7 Å². The van der Waals surface area contributed by atoms with Crippen molar-refractivity contribution in [3.63, 3.8) is 0 Å². The Morgan fingerprint density at radius 1 is 1.10 bits per heavy atom. The molecule has 0 radical (unpaired) electrons. The van der Waals surface area contributed by atoms with E-state index in [4.69, 9.17) is 18.0 Å². The highest BCUT2D eigenvalue weighted by Gasteiger charge is 2.31. The highest BCUT2D eigenvalue weighted by molar-refractivity contribution is 7.80. The van der Waals surface area contributed by atoms with Crippen molar-refractivity contribution in [2.24, 2.45) is 5.73 Å². The topological polar surface area (TPSA) is 38.0 Å². The van der Waals surface area contributed by atoms with E-state index in [1.807, 2.05) is 31.2 Å². The smallest absolute Gasteiger partial charge is 0.389 e. The van der Waals surface area contributed by atoms with E-state index < -0.39 is 11.7 Å². The highest BCUT2D eigenvalue weighted by Crippen LogP contribution is 2.33. The Labute approximate surface area is 125 Å². The van der Waals surface area contributed by atoms with Crippen molar-refractivity contribution in [2.45, 2.75) is 13.1 Å². The zero-order valence-corrected chi connectivity index (χ0v) is 12.0. The van der Waals surface area contributed by atoms with Crippen LogP contribution in [0.25, 0.3) is 0 Å². The lowest BCUT2D eigenvalue weighted by molar-refractivity contribution is -0.137. The summed E-state index contributed by atoms with van der Waals surface area (Å²) in [4.78, 5) is -0.0859. The number of aryl methyl sites for hydroxylation is 1. The summed E-state index contributed by atoms with van der Waals surface area (Å²) in [6, 6.07) is 10.7. The fraction of sp³-hybridized carbons (Fsp3) is 0.133. The van der Waals surface area contributed by atoms with Gasteiger partial charge in [-0.25, -0.2) is 0 Å². The van der Waals surface area contributed by atoms with E-state index in [1.54, 1.807) is 0 Å². The number of para-hydroxylation sites is 1. The van der Waals surface area contributed by atoms with E-state index >= 15 is 0 Å². The van der Waals surface area contributed by atoms with Crippen molar-refractivity contribution in [3.8, 4) is 0 Å². The quantitative estimate of drug-likeness (QED) is 0.826. The van der Waals surface area contributed by atoms with Gasteiger partial charge in [0.1, 0.15) is 4.99 Å². The molecule has 0 atom stereocenters. The van der Waals surface area contributed by atoms with Gasteiger partial charge in [-0.1, -0.05) is 30.4 Å². The van der Waals surface area contributed by atoms with Crippen molar-refractivity contribution >= 4 is 28.6 Å². The van der Waals surface area contributed by atoms with Gasteiger partial charge in [0.2, 0.25) is 0 Å². The average molecular weight is 310 g/mol. The second-order valence-electron chi connectivity index (χ2n) is 4.56. The number of nitrogens with two attached hydrogens (primary N) is 1. The molecule has 0 heterocycles. The molecule has 0 aliphatic carbocycles. The third-order valence-electron chi connectivity index (χ3n) is 3.03. The van der Waals surface area contributed by atoms with Gasteiger partial charge in [0.25, 0.3) is 0 Å². The maximum atomic E-state index is 12.7. The van der Waals surface area contributed by atoms with E-state index in [2.05, 4.69) is 5.32 Å². The number of benzene rings is 2. The third-order valence-corrected chi connectivity index (χ3v) is 3.25. The summed E-state index contributed by atoms with van der Waals surface area (Å²) < 4.78 is 38.2. The van der Waals surface area contributed by atoms with Crippen LogP contribution in [0.4, 0.5) is 24.5 Å². The lowest BCUT2D eigenvalue weighted by atomic mass is 10.1. The molecule has 0 aliphatic heterocycles. The first-order valence-electron chi connectivity index (χ1n) is 6.13. The van der Waals surface area contributed by atoms with Crippen LogP contribution in [0, 0.1) is 6.92 Å². The Morgan fingerprint density at radius 3 is 2.33 bits per heavy atom. The van der Waals surface area contributed by atoms with Crippen LogP contribution in [0.15, 0.2) is 42.5 Å². The van der Waals surface area contributed by atoms with Crippen LogP contribution in [0.3, 0.4) is 0 Å². The fourth-order valence-corrected chi connectivity index (χ4v) is 2.06. The SMILES string of the molecule is Cc1ccccc1Nc1ccc(C(F)(F)F)cc1C(N)=S. The molecule has 0 unspecified atom stereocenters. The molecule has 2 aromatic carbocycles. The molecule has 0 aliphatic rings. The van der Waals surface area contributed by atoms with Crippen molar-refractivity contribution < 1.29 is 13.2 Å². The zero-order valence-electron chi connectivity index (χ0n) is 11.2. The number of alkyl halides is 3. The van der Waals surface area contributed by atoms with Crippen molar-refractivity contribution in [2.75, 3.05) is 5.32 Å². The minimum Gasteiger partial charge on any atom is -0.389 e. The van der Waals surface area contributed by atoms with Gasteiger partial charge in [0.15, 0.2) is 0 Å².